The van der Waals surface area contributed by atoms with E-state index in [0.717, 1.165) is 25.7 Å². The van der Waals surface area contributed by atoms with E-state index in [9.17, 15) is 0 Å². The third kappa shape index (κ3) is 5.68. The molecular formula is C46H38. The molecule has 0 spiro atoms. The first kappa shape index (κ1) is 28.3. The summed E-state index contributed by atoms with van der Waals surface area (Å²) >= 11 is 0. The lowest BCUT2D eigenvalue weighted by Crippen LogP contribution is -2.08. The molecule has 6 aromatic carbocycles. The van der Waals surface area contributed by atoms with Crippen molar-refractivity contribution >= 4 is 0 Å². The molecule has 2 aliphatic carbocycles. The Morgan fingerprint density at radius 1 is 0.478 bits per heavy atom. The fourth-order valence-corrected chi connectivity index (χ4v) is 7.54. The first-order valence-electron chi connectivity index (χ1n) is 16.7. The quantitative estimate of drug-likeness (QED) is 0.165. The smallest absolute Gasteiger partial charge is 0.0349 e. The summed E-state index contributed by atoms with van der Waals surface area (Å²) in [5.74, 6) is 0.661. The molecule has 0 N–H and O–H groups in total. The largest absolute Gasteiger partial charge is 0.0839 e. The summed E-state index contributed by atoms with van der Waals surface area (Å²) < 4.78 is 0. The average Bonchev–Trinajstić information content (AvgIpc) is 3.46. The Balaban J connectivity index is 1.16. The van der Waals surface area contributed by atoms with Crippen molar-refractivity contribution in [2.75, 3.05) is 0 Å². The van der Waals surface area contributed by atoms with E-state index in [1.807, 2.05) is 0 Å². The van der Waals surface area contributed by atoms with Gasteiger partial charge in [-0.2, -0.15) is 0 Å². The lowest BCUT2D eigenvalue weighted by atomic mass is 9.83. The second-order valence-electron chi connectivity index (χ2n) is 12.8. The normalized spacial score (nSPS) is 15.6. The molecule has 6 aromatic rings. The number of hydrogen-bond acceptors (Lipinski definition) is 0. The minimum atomic E-state index is 0.313. The van der Waals surface area contributed by atoms with Crippen LogP contribution in [0.25, 0.3) is 33.4 Å². The predicted molar refractivity (Wildman–Crippen MR) is 194 cm³/mol. The summed E-state index contributed by atoms with van der Waals surface area (Å²) in [6, 6.07) is 56.2. The Bertz CT molecular complexity index is 2030. The number of fused-ring (bicyclic) bond motifs is 3. The lowest BCUT2D eigenvalue weighted by Gasteiger charge is -2.21. The summed E-state index contributed by atoms with van der Waals surface area (Å²) in [6.07, 6.45) is 11.4. The third-order valence-electron chi connectivity index (χ3n) is 9.84. The van der Waals surface area contributed by atoms with Crippen LogP contribution in [0.1, 0.15) is 52.5 Å². The van der Waals surface area contributed by atoms with Crippen LogP contribution in [0.3, 0.4) is 0 Å². The molecule has 2 aliphatic rings. The van der Waals surface area contributed by atoms with Crippen molar-refractivity contribution in [3.8, 4) is 33.4 Å². The standard InChI is InChI=1S/C46H38/c1-4-13-35(14-5-1)37-26-23-33(24-27-37)29-41(40-20-12-19-39(32-40)36-15-6-2-7-16-36)30-34-25-28-43-42-21-10-11-22-44(42)46(45(43)31-34)38-17-8-3-9-18-38/h1-2,4-8,10-28,31-32,41,46H,3,9,29-30H2. The van der Waals surface area contributed by atoms with Gasteiger partial charge < -0.3 is 0 Å². The van der Waals surface area contributed by atoms with Crippen molar-refractivity contribution in [3.05, 3.63) is 203 Å². The number of hydrogen-bond donors (Lipinski definition) is 0. The molecule has 0 aromatic heterocycles. The van der Waals surface area contributed by atoms with Gasteiger partial charge in [0.15, 0.2) is 0 Å². The van der Waals surface area contributed by atoms with Crippen LogP contribution >= 0.6 is 0 Å². The van der Waals surface area contributed by atoms with E-state index >= 15 is 0 Å². The third-order valence-corrected chi connectivity index (χ3v) is 9.84. The summed E-state index contributed by atoms with van der Waals surface area (Å²) in [7, 11) is 0. The van der Waals surface area contributed by atoms with E-state index in [1.165, 1.54) is 66.8 Å². The molecule has 46 heavy (non-hydrogen) atoms. The Kier molecular flexibility index (Phi) is 7.78. The number of benzene rings is 6. The molecule has 0 nitrogen and oxygen atoms in total. The number of allylic oxidation sites excluding steroid dienone is 4. The van der Waals surface area contributed by atoms with Crippen LogP contribution < -0.4 is 0 Å². The SMILES string of the molecule is C1=CC(C2c3ccccc3-c3ccc(CC(Cc4ccc(-c5ccccc5)cc4)c4cccc(-c5ccccc5)c4)cc32)=CCC1. The van der Waals surface area contributed by atoms with E-state index in [1.54, 1.807) is 0 Å². The molecule has 8 rings (SSSR count). The van der Waals surface area contributed by atoms with Gasteiger partial charge in [-0.15, -0.1) is 0 Å². The van der Waals surface area contributed by atoms with Crippen LogP contribution in [-0.4, -0.2) is 0 Å². The first-order valence-corrected chi connectivity index (χ1v) is 16.7. The predicted octanol–water partition coefficient (Wildman–Crippen LogP) is 12.0. The molecule has 2 atom stereocenters. The van der Waals surface area contributed by atoms with Gasteiger partial charge in [0.25, 0.3) is 0 Å². The Morgan fingerprint density at radius 2 is 1.11 bits per heavy atom. The van der Waals surface area contributed by atoms with E-state index < -0.39 is 0 Å². The fourth-order valence-electron chi connectivity index (χ4n) is 7.54. The Morgan fingerprint density at radius 3 is 1.87 bits per heavy atom. The van der Waals surface area contributed by atoms with Gasteiger partial charge in [0.05, 0.1) is 0 Å². The van der Waals surface area contributed by atoms with E-state index in [4.69, 9.17) is 0 Å². The highest BCUT2D eigenvalue weighted by Gasteiger charge is 2.31. The van der Waals surface area contributed by atoms with Crippen molar-refractivity contribution in [3.63, 3.8) is 0 Å². The Hall–Kier alpha value is -5.20. The maximum atomic E-state index is 2.52. The molecular weight excluding hydrogens is 553 g/mol. The molecule has 0 saturated carbocycles. The maximum absolute atomic E-state index is 2.52. The van der Waals surface area contributed by atoms with Gasteiger partial charge in [-0.05, 0) is 98.4 Å². The monoisotopic (exact) mass is 590 g/mol. The molecule has 0 radical (unpaired) electrons. The van der Waals surface area contributed by atoms with Gasteiger partial charge in [-0.3, -0.25) is 0 Å². The van der Waals surface area contributed by atoms with Crippen molar-refractivity contribution in [2.45, 2.75) is 37.5 Å². The van der Waals surface area contributed by atoms with Gasteiger partial charge in [-0.1, -0.05) is 170 Å². The minimum absolute atomic E-state index is 0.313. The molecule has 222 valence electrons. The van der Waals surface area contributed by atoms with Gasteiger partial charge in [0, 0.05) is 5.92 Å². The van der Waals surface area contributed by atoms with Gasteiger partial charge in [0.2, 0.25) is 0 Å². The molecule has 0 amide bonds. The topological polar surface area (TPSA) is 0 Å². The lowest BCUT2D eigenvalue weighted by molar-refractivity contribution is 0.679. The molecule has 0 bridgehead atoms. The van der Waals surface area contributed by atoms with Crippen LogP contribution in [0.5, 0.6) is 0 Å². The fraction of sp³-hybridized carbons (Fsp3) is 0.130. The molecule has 0 heteroatoms. The second-order valence-corrected chi connectivity index (χ2v) is 12.8. The summed E-state index contributed by atoms with van der Waals surface area (Å²) in [5, 5.41) is 0. The zero-order valence-electron chi connectivity index (χ0n) is 26.1. The van der Waals surface area contributed by atoms with Gasteiger partial charge in [-0.25, -0.2) is 0 Å². The van der Waals surface area contributed by atoms with Crippen molar-refractivity contribution in [2.24, 2.45) is 0 Å². The van der Waals surface area contributed by atoms with E-state index in [-0.39, 0.29) is 0 Å². The van der Waals surface area contributed by atoms with E-state index in [0.29, 0.717) is 11.8 Å². The summed E-state index contributed by atoms with van der Waals surface area (Å²) in [6.45, 7) is 0. The van der Waals surface area contributed by atoms with Crippen molar-refractivity contribution < 1.29 is 0 Å². The minimum Gasteiger partial charge on any atom is -0.0839 e. The molecule has 0 fully saturated rings. The van der Waals surface area contributed by atoms with Crippen molar-refractivity contribution in [1.29, 1.82) is 0 Å². The van der Waals surface area contributed by atoms with Crippen LogP contribution in [0, 0.1) is 0 Å². The van der Waals surface area contributed by atoms with Crippen LogP contribution in [0.4, 0.5) is 0 Å². The highest BCUT2D eigenvalue weighted by atomic mass is 14.3. The molecule has 0 aliphatic heterocycles. The summed E-state index contributed by atoms with van der Waals surface area (Å²) in [5.41, 5.74) is 16.4. The molecule has 0 saturated heterocycles. The van der Waals surface area contributed by atoms with Crippen LogP contribution in [-0.2, 0) is 12.8 Å². The van der Waals surface area contributed by atoms with Gasteiger partial charge >= 0.3 is 0 Å². The molecule has 0 heterocycles. The molecule has 2 unspecified atom stereocenters. The average molecular weight is 591 g/mol. The summed E-state index contributed by atoms with van der Waals surface area (Å²) in [4.78, 5) is 0. The van der Waals surface area contributed by atoms with Gasteiger partial charge in [0.1, 0.15) is 0 Å². The van der Waals surface area contributed by atoms with Crippen molar-refractivity contribution in [1.82, 2.24) is 0 Å². The highest BCUT2D eigenvalue weighted by molar-refractivity contribution is 5.81. The zero-order valence-corrected chi connectivity index (χ0v) is 26.1. The Labute approximate surface area is 273 Å². The van der Waals surface area contributed by atoms with E-state index in [2.05, 4.69) is 170 Å². The maximum Gasteiger partial charge on any atom is 0.0349 e. The number of rotatable bonds is 8. The van der Waals surface area contributed by atoms with Crippen LogP contribution in [0.2, 0.25) is 0 Å². The second kappa shape index (κ2) is 12.7. The van der Waals surface area contributed by atoms with Crippen LogP contribution in [0.15, 0.2) is 175 Å². The zero-order chi connectivity index (χ0) is 30.7. The first-order chi connectivity index (χ1) is 22.8. The highest BCUT2D eigenvalue weighted by Crippen LogP contribution is 2.49.